The van der Waals surface area contributed by atoms with Gasteiger partial charge in [-0.3, -0.25) is 34.3 Å². The van der Waals surface area contributed by atoms with E-state index in [1.807, 2.05) is 18.2 Å². The zero-order valence-corrected chi connectivity index (χ0v) is 33.5. The van der Waals surface area contributed by atoms with Gasteiger partial charge >= 0.3 is 16.6 Å². The molecule has 1 N–H and O–H groups in total. The summed E-state index contributed by atoms with van der Waals surface area (Å²) in [5.74, 6) is -3.41. The number of Topliss-reactive ketones (excluding diaryl/α,β-unsaturated/α-hetero) is 2. The molecule has 4 heterocycles. The summed E-state index contributed by atoms with van der Waals surface area (Å²) < 4.78 is 71.3. The van der Waals surface area contributed by atoms with E-state index in [1.165, 1.54) is 48.5 Å². The number of nitrogens with zero attached hydrogens (tertiary/aromatic N) is 5. The second-order valence-electron chi connectivity index (χ2n) is 16.1. The number of carbonyl (C=O) groups is 4. The molecule has 3 aromatic carbocycles. The molecule has 0 bridgehead atoms. The van der Waals surface area contributed by atoms with E-state index in [0.717, 1.165) is 74.2 Å². The number of hydrogen-bond acceptors (Lipinski definition) is 10. The number of hydrogen-bond donors (Lipinski definition) is 1. The van der Waals surface area contributed by atoms with Crippen LogP contribution < -0.4 is 15.0 Å². The Bertz CT molecular complexity index is 2420. The molecule has 1 aromatic heterocycles. The number of alkyl halides is 3. The van der Waals surface area contributed by atoms with Crippen molar-refractivity contribution in [2.75, 3.05) is 64.8 Å². The van der Waals surface area contributed by atoms with Gasteiger partial charge in [-0.1, -0.05) is 18.2 Å². The highest BCUT2D eigenvalue weighted by Gasteiger charge is 2.47. The van der Waals surface area contributed by atoms with Crippen LogP contribution in [-0.2, 0) is 26.3 Å². The first-order valence-electron chi connectivity index (χ1n) is 19.7. The number of ether oxygens (including phenoxy) is 1. The predicted octanol–water partition coefficient (Wildman–Crippen LogP) is 4.94. The van der Waals surface area contributed by atoms with Crippen LogP contribution in [0.25, 0.3) is 22.0 Å². The van der Waals surface area contributed by atoms with Crippen molar-refractivity contribution in [3.05, 3.63) is 83.6 Å². The average molecular weight is 835 g/mol. The molecule has 59 heavy (non-hydrogen) atoms. The fourth-order valence-electron chi connectivity index (χ4n) is 8.91. The summed E-state index contributed by atoms with van der Waals surface area (Å²) in [4.78, 5) is 57.8. The first-order valence-corrected chi connectivity index (χ1v) is 21.1. The lowest BCUT2D eigenvalue weighted by atomic mass is 9.82. The summed E-state index contributed by atoms with van der Waals surface area (Å²) in [6.45, 7) is 6.67. The molecule has 8 rings (SSSR count). The van der Waals surface area contributed by atoms with Crippen molar-refractivity contribution in [1.29, 1.82) is 0 Å². The average Bonchev–Trinajstić information content (AvgIpc) is 3.70. The topological polar surface area (TPSA) is 142 Å². The zero-order chi connectivity index (χ0) is 41.8. The maximum atomic E-state index is 13.4. The number of rotatable bonds is 10. The fourth-order valence-corrected chi connectivity index (χ4v) is 9.91. The second kappa shape index (κ2) is 15.8. The predicted molar refractivity (Wildman–Crippen MR) is 213 cm³/mol. The molecule has 312 valence electrons. The van der Waals surface area contributed by atoms with Gasteiger partial charge in [-0.05, 0) is 91.9 Å². The first-order chi connectivity index (χ1) is 28.1. The van der Waals surface area contributed by atoms with E-state index in [-0.39, 0.29) is 36.1 Å². The minimum Gasteiger partial charge on any atom is -0.406 e. The van der Waals surface area contributed by atoms with Gasteiger partial charge in [-0.25, -0.2) is 3.97 Å². The molecule has 4 aliphatic rings. The third-order valence-corrected chi connectivity index (χ3v) is 13.8. The van der Waals surface area contributed by atoms with Gasteiger partial charge in [-0.15, -0.1) is 13.2 Å². The minimum atomic E-state index is -4.83. The number of ketones is 2. The summed E-state index contributed by atoms with van der Waals surface area (Å²) in [6.07, 6.45) is -0.988. The Morgan fingerprint density at radius 3 is 2.15 bits per heavy atom. The van der Waals surface area contributed by atoms with E-state index in [2.05, 4.69) is 24.8 Å². The number of fused-ring (bicyclic) bond motifs is 2. The lowest BCUT2D eigenvalue weighted by molar-refractivity contribution is -0.274. The number of benzene rings is 3. The molecule has 0 spiro atoms. The number of piperazine rings is 1. The van der Waals surface area contributed by atoms with Crippen LogP contribution in [0, 0.1) is 17.8 Å². The Balaban J connectivity index is 0.868. The molecule has 3 aliphatic heterocycles. The number of imide groups is 1. The fraction of sp³-hybridized carbons (Fsp3) is 0.429. The van der Waals surface area contributed by atoms with E-state index in [9.17, 15) is 40.8 Å². The molecule has 3 fully saturated rings. The summed E-state index contributed by atoms with van der Waals surface area (Å²) >= 11 is 0. The van der Waals surface area contributed by atoms with Crippen molar-refractivity contribution < 1.29 is 45.5 Å². The molecule has 2 amide bonds. The molecular formula is C42H45F3N6O7S. The van der Waals surface area contributed by atoms with Crippen LogP contribution in [0.1, 0.15) is 52.0 Å². The van der Waals surface area contributed by atoms with Gasteiger partial charge in [0.2, 0.25) is 11.8 Å². The van der Waals surface area contributed by atoms with E-state index >= 15 is 0 Å². The first kappa shape index (κ1) is 40.7. The van der Waals surface area contributed by atoms with Gasteiger partial charge in [0, 0.05) is 93.7 Å². The smallest absolute Gasteiger partial charge is 0.406 e. The number of aromatic nitrogens is 1. The molecule has 1 aliphatic carbocycles. The van der Waals surface area contributed by atoms with Gasteiger partial charge in [0.05, 0.1) is 17.4 Å². The number of likely N-dealkylation sites (tertiary alicyclic amines) is 1. The van der Waals surface area contributed by atoms with Gasteiger partial charge in [0.25, 0.3) is 0 Å². The Morgan fingerprint density at radius 2 is 1.49 bits per heavy atom. The molecular weight excluding hydrogens is 790 g/mol. The minimum absolute atomic E-state index is 0.110. The van der Waals surface area contributed by atoms with E-state index < -0.39 is 34.3 Å². The highest BCUT2D eigenvalue weighted by Crippen LogP contribution is 2.38. The van der Waals surface area contributed by atoms with Gasteiger partial charge < -0.3 is 9.64 Å². The van der Waals surface area contributed by atoms with Crippen molar-refractivity contribution in [3.63, 3.8) is 0 Å². The Morgan fingerprint density at radius 1 is 0.797 bits per heavy atom. The number of anilines is 1. The van der Waals surface area contributed by atoms with Gasteiger partial charge in [-0.2, -0.15) is 12.7 Å². The highest BCUT2D eigenvalue weighted by atomic mass is 32.2. The lowest BCUT2D eigenvalue weighted by Gasteiger charge is -2.39. The largest absolute Gasteiger partial charge is 0.573 e. The molecule has 2 unspecified atom stereocenters. The number of piperidine rings is 2. The monoisotopic (exact) mass is 834 g/mol. The van der Waals surface area contributed by atoms with Crippen LogP contribution in [0.5, 0.6) is 5.75 Å². The normalized spacial score (nSPS) is 21.4. The summed E-state index contributed by atoms with van der Waals surface area (Å²) in [5.41, 5.74) is 4.14. The molecule has 13 nitrogen and oxygen atoms in total. The Hall–Kier alpha value is -5.10. The quantitative estimate of drug-likeness (QED) is 0.173. The van der Waals surface area contributed by atoms with E-state index in [1.54, 1.807) is 18.2 Å². The summed E-state index contributed by atoms with van der Waals surface area (Å²) in [7, 11) is -1.02. The molecule has 0 radical (unpaired) electrons. The summed E-state index contributed by atoms with van der Waals surface area (Å²) in [6, 6.07) is 16.4. The number of carbonyl (C=O) groups excluding carboxylic acids is 4. The second-order valence-corrected chi connectivity index (χ2v) is 18.1. The third-order valence-electron chi connectivity index (χ3n) is 12.1. The van der Waals surface area contributed by atoms with Crippen LogP contribution >= 0.6 is 0 Å². The van der Waals surface area contributed by atoms with Gasteiger partial charge in [0.15, 0.2) is 11.6 Å². The lowest BCUT2D eigenvalue weighted by Crippen LogP contribution is -2.48. The maximum absolute atomic E-state index is 13.4. The van der Waals surface area contributed by atoms with Crippen molar-refractivity contribution in [1.82, 2.24) is 23.4 Å². The van der Waals surface area contributed by atoms with Gasteiger partial charge in [0.1, 0.15) is 5.75 Å². The number of halogens is 3. The van der Waals surface area contributed by atoms with Crippen LogP contribution in [-0.4, -0.2) is 116 Å². The zero-order valence-electron chi connectivity index (χ0n) is 32.7. The van der Waals surface area contributed by atoms with E-state index in [4.69, 9.17) is 0 Å². The standard InChI is InChI=1S/C42H45F3N6O7S/c1-47(2)59(56,57)51-25-35(28-4-7-30(8-5-28)58-42(43,44)45)33-21-27(3-11-36(33)51)24-48-15-13-26(14-16-48)23-49-17-19-50(20-18-49)29-6-9-31-34(22-29)40(54)38(39(31)53)32-10-12-37(52)46-41(32)55/h3-9,11,21-22,25-26,32,38H,10,12-20,23-24H2,1-2H3,(H,46,52,55). The van der Waals surface area contributed by atoms with Crippen molar-refractivity contribution in [2.45, 2.75) is 38.6 Å². The third kappa shape index (κ3) is 8.25. The van der Waals surface area contributed by atoms with Crippen molar-refractivity contribution in [2.24, 2.45) is 17.8 Å². The van der Waals surface area contributed by atoms with Crippen LogP contribution in [0.15, 0.2) is 66.9 Å². The van der Waals surface area contributed by atoms with Crippen molar-refractivity contribution in [3.8, 4) is 16.9 Å². The van der Waals surface area contributed by atoms with Crippen molar-refractivity contribution >= 4 is 50.2 Å². The Kier molecular flexibility index (Phi) is 10.9. The van der Waals surface area contributed by atoms with E-state index in [0.29, 0.717) is 45.6 Å². The molecule has 17 heteroatoms. The molecule has 3 saturated heterocycles. The maximum Gasteiger partial charge on any atom is 0.573 e. The highest BCUT2D eigenvalue weighted by molar-refractivity contribution is 7.87. The van der Waals surface area contributed by atoms with Crippen LogP contribution in [0.3, 0.4) is 0 Å². The molecule has 2 atom stereocenters. The van der Waals surface area contributed by atoms with Crippen LogP contribution in [0.4, 0.5) is 18.9 Å². The Labute approximate surface area is 339 Å². The number of amides is 2. The molecule has 4 aromatic rings. The SMILES string of the molecule is CN(C)S(=O)(=O)n1cc(-c2ccc(OC(F)(F)F)cc2)c2cc(CN3CCC(CN4CCN(c5ccc6c(c5)C(=O)C(C5CCC(=O)NC5=O)C6=O)CC4)CC3)ccc21. The van der Waals surface area contributed by atoms with Crippen LogP contribution in [0.2, 0.25) is 0 Å². The molecule has 0 saturated carbocycles. The number of nitrogens with one attached hydrogen (secondary N) is 1. The summed E-state index contributed by atoms with van der Waals surface area (Å²) in [5, 5.41) is 2.94.